The Kier molecular flexibility index (Phi) is 3.66. The Morgan fingerprint density at radius 1 is 1.57 bits per heavy atom. The van der Waals surface area contributed by atoms with Crippen LogP contribution in [0.1, 0.15) is 5.56 Å². The van der Waals surface area contributed by atoms with Crippen LogP contribution < -0.4 is 9.62 Å². The number of hydrogen-bond donors (Lipinski definition) is 2. The van der Waals surface area contributed by atoms with Crippen molar-refractivity contribution in [2.75, 3.05) is 11.4 Å². The maximum absolute atomic E-state index is 11.3. The molecule has 1 N–H and O–H groups in total. The standard InChI is InChI=1S/C9H11ClN2OS/c1-6-7(10)4-3-5-8(6)12(14)9(13)11-2/h3-5,14H,1-2H3,(H,11,13). The number of halogens is 1. The summed E-state index contributed by atoms with van der Waals surface area (Å²) in [4.78, 5) is 11.3. The molecule has 0 aliphatic heterocycles. The number of hydrogen-bond acceptors (Lipinski definition) is 2. The van der Waals surface area contributed by atoms with Gasteiger partial charge in [-0.15, -0.1) is 0 Å². The van der Waals surface area contributed by atoms with Gasteiger partial charge < -0.3 is 5.32 Å². The molecule has 0 spiro atoms. The molecule has 0 aliphatic rings. The molecule has 2 amide bonds. The highest BCUT2D eigenvalue weighted by Gasteiger charge is 2.13. The molecule has 0 fully saturated rings. The van der Waals surface area contributed by atoms with Crippen LogP contribution in [0.15, 0.2) is 18.2 Å². The van der Waals surface area contributed by atoms with E-state index < -0.39 is 0 Å². The van der Waals surface area contributed by atoms with Crippen molar-refractivity contribution in [1.29, 1.82) is 0 Å². The summed E-state index contributed by atoms with van der Waals surface area (Å²) in [6, 6.07) is 5.03. The zero-order chi connectivity index (χ0) is 10.7. The van der Waals surface area contributed by atoms with E-state index in [1.165, 1.54) is 4.31 Å². The molecule has 0 bridgehead atoms. The van der Waals surface area contributed by atoms with Crippen LogP contribution >= 0.6 is 24.4 Å². The minimum atomic E-state index is -0.293. The van der Waals surface area contributed by atoms with Gasteiger partial charge in [0.15, 0.2) is 0 Å². The van der Waals surface area contributed by atoms with Gasteiger partial charge in [0.05, 0.1) is 5.69 Å². The predicted molar refractivity (Wildman–Crippen MR) is 62.1 cm³/mol. The van der Waals surface area contributed by atoms with Gasteiger partial charge in [-0.25, -0.2) is 9.10 Å². The molecule has 0 atom stereocenters. The van der Waals surface area contributed by atoms with Crippen molar-refractivity contribution in [2.45, 2.75) is 6.92 Å². The number of nitrogens with zero attached hydrogens (tertiary/aromatic N) is 1. The van der Waals surface area contributed by atoms with E-state index in [1.807, 2.05) is 6.92 Å². The molecule has 5 heteroatoms. The van der Waals surface area contributed by atoms with Gasteiger partial charge in [-0.05, 0) is 24.6 Å². The monoisotopic (exact) mass is 230 g/mol. The smallest absolute Gasteiger partial charge is 0.331 e. The number of thiol groups is 1. The summed E-state index contributed by atoms with van der Waals surface area (Å²) in [5, 5.41) is 3.09. The summed E-state index contributed by atoms with van der Waals surface area (Å²) in [5.74, 6) is 0. The van der Waals surface area contributed by atoms with Crippen LogP contribution in [0, 0.1) is 6.92 Å². The third kappa shape index (κ3) is 2.13. The van der Waals surface area contributed by atoms with E-state index in [0.717, 1.165) is 5.56 Å². The van der Waals surface area contributed by atoms with Crippen molar-refractivity contribution in [2.24, 2.45) is 0 Å². The average molecular weight is 231 g/mol. The molecule has 76 valence electrons. The number of nitrogens with one attached hydrogen (secondary N) is 1. The van der Waals surface area contributed by atoms with E-state index in [-0.39, 0.29) is 6.03 Å². The third-order valence-corrected chi connectivity index (χ3v) is 2.68. The lowest BCUT2D eigenvalue weighted by Crippen LogP contribution is -2.31. The van der Waals surface area contributed by atoms with Crippen molar-refractivity contribution < 1.29 is 4.79 Å². The Morgan fingerprint density at radius 2 is 2.21 bits per heavy atom. The maximum atomic E-state index is 11.3. The fraction of sp³-hybridized carbons (Fsp3) is 0.222. The van der Waals surface area contributed by atoms with Gasteiger partial charge in [-0.1, -0.05) is 30.5 Å². The summed E-state index contributed by atoms with van der Waals surface area (Å²) in [7, 11) is 1.55. The number of benzene rings is 1. The van der Waals surface area contributed by atoms with Gasteiger partial charge in [0.1, 0.15) is 0 Å². The van der Waals surface area contributed by atoms with E-state index in [0.29, 0.717) is 10.7 Å². The molecular formula is C9H11ClN2OS. The largest absolute Gasteiger partial charge is 0.340 e. The minimum absolute atomic E-state index is 0.293. The molecule has 3 nitrogen and oxygen atoms in total. The quantitative estimate of drug-likeness (QED) is 0.715. The number of rotatable bonds is 1. The second-order valence-corrected chi connectivity index (χ2v) is 3.56. The Bertz CT molecular complexity index is 357. The number of carbonyl (C=O) groups is 1. The number of carbonyl (C=O) groups excluding carboxylic acids is 1. The highest BCUT2D eigenvalue weighted by Crippen LogP contribution is 2.27. The van der Waals surface area contributed by atoms with Gasteiger partial charge in [-0.3, -0.25) is 0 Å². The average Bonchev–Trinajstić information content (AvgIpc) is 2.20. The van der Waals surface area contributed by atoms with Crippen molar-refractivity contribution in [1.82, 2.24) is 5.32 Å². The van der Waals surface area contributed by atoms with Crippen molar-refractivity contribution in [3.05, 3.63) is 28.8 Å². The summed E-state index contributed by atoms with van der Waals surface area (Å²) in [5.41, 5.74) is 1.51. The lowest BCUT2D eigenvalue weighted by Gasteiger charge is -2.17. The van der Waals surface area contributed by atoms with Crippen LogP contribution in [-0.4, -0.2) is 13.1 Å². The fourth-order valence-electron chi connectivity index (χ4n) is 1.04. The lowest BCUT2D eigenvalue weighted by atomic mass is 10.2. The van der Waals surface area contributed by atoms with Crippen LogP contribution in [0.5, 0.6) is 0 Å². The SMILES string of the molecule is CNC(=O)N(S)c1cccc(Cl)c1C. The number of amides is 2. The molecule has 1 aromatic carbocycles. The highest BCUT2D eigenvalue weighted by molar-refractivity contribution is 7.82. The second kappa shape index (κ2) is 4.57. The highest BCUT2D eigenvalue weighted by atomic mass is 35.5. The first-order valence-corrected chi connectivity index (χ1v) is 4.81. The maximum Gasteiger partial charge on any atom is 0.331 e. The molecule has 0 unspecified atom stereocenters. The molecule has 14 heavy (non-hydrogen) atoms. The first-order valence-electron chi connectivity index (χ1n) is 4.03. The summed E-state index contributed by atoms with van der Waals surface area (Å²) >= 11 is 9.99. The topological polar surface area (TPSA) is 32.3 Å². The van der Waals surface area contributed by atoms with E-state index in [9.17, 15) is 4.79 Å². The molecule has 0 aromatic heterocycles. The molecule has 0 aliphatic carbocycles. The number of urea groups is 1. The minimum Gasteiger partial charge on any atom is -0.340 e. The Morgan fingerprint density at radius 3 is 2.79 bits per heavy atom. The van der Waals surface area contributed by atoms with Crippen LogP contribution in [0.4, 0.5) is 10.5 Å². The van der Waals surface area contributed by atoms with Crippen LogP contribution in [0.2, 0.25) is 5.02 Å². The van der Waals surface area contributed by atoms with Gasteiger partial charge in [0.2, 0.25) is 0 Å². The predicted octanol–water partition coefficient (Wildman–Crippen LogP) is 2.64. The lowest BCUT2D eigenvalue weighted by molar-refractivity contribution is 0.252. The van der Waals surface area contributed by atoms with Gasteiger partial charge in [0, 0.05) is 12.1 Å². The first-order chi connectivity index (χ1) is 6.57. The molecule has 0 radical (unpaired) electrons. The van der Waals surface area contributed by atoms with E-state index in [4.69, 9.17) is 11.6 Å². The second-order valence-electron chi connectivity index (χ2n) is 2.75. The van der Waals surface area contributed by atoms with Crippen molar-refractivity contribution in [3.8, 4) is 0 Å². The van der Waals surface area contributed by atoms with Gasteiger partial charge in [0.25, 0.3) is 0 Å². The zero-order valence-corrected chi connectivity index (χ0v) is 9.56. The zero-order valence-electron chi connectivity index (χ0n) is 7.91. The third-order valence-electron chi connectivity index (χ3n) is 1.87. The normalized spacial score (nSPS) is 9.71. The Hall–Kier alpha value is -0.870. The summed E-state index contributed by atoms with van der Waals surface area (Å²) in [6.45, 7) is 1.84. The molecule has 1 aromatic rings. The van der Waals surface area contributed by atoms with E-state index in [1.54, 1.807) is 25.2 Å². The van der Waals surface area contributed by atoms with Crippen LogP contribution in [-0.2, 0) is 0 Å². The van der Waals surface area contributed by atoms with E-state index in [2.05, 4.69) is 18.1 Å². The molecule has 1 rings (SSSR count). The number of anilines is 1. The molecular weight excluding hydrogens is 220 g/mol. The van der Waals surface area contributed by atoms with Crippen LogP contribution in [0.25, 0.3) is 0 Å². The summed E-state index contributed by atoms with van der Waals surface area (Å²) < 4.78 is 1.22. The summed E-state index contributed by atoms with van der Waals surface area (Å²) in [6.07, 6.45) is 0. The fourth-order valence-corrected chi connectivity index (χ4v) is 1.53. The molecule has 0 saturated carbocycles. The Labute approximate surface area is 93.6 Å². The Balaban J connectivity index is 3.07. The van der Waals surface area contributed by atoms with Crippen molar-refractivity contribution >= 4 is 36.1 Å². The first kappa shape index (κ1) is 11.2. The van der Waals surface area contributed by atoms with Gasteiger partial charge in [-0.2, -0.15) is 0 Å². The van der Waals surface area contributed by atoms with Gasteiger partial charge >= 0.3 is 6.03 Å². The van der Waals surface area contributed by atoms with Crippen LogP contribution in [0.3, 0.4) is 0 Å². The molecule has 0 saturated heterocycles. The van der Waals surface area contributed by atoms with Crippen molar-refractivity contribution in [3.63, 3.8) is 0 Å². The van der Waals surface area contributed by atoms with E-state index >= 15 is 0 Å². The molecule has 0 heterocycles.